The minimum Gasteiger partial charge on any atom is -0.495 e. The van der Waals surface area contributed by atoms with Crippen LogP contribution in [0.15, 0.2) is 18.2 Å². The Morgan fingerprint density at radius 1 is 1.40 bits per heavy atom. The zero-order valence-electron chi connectivity index (χ0n) is 14.1. The van der Waals surface area contributed by atoms with Crippen LogP contribution in [0.25, 0.3) is 0 Å². The normalized spacial score (nSPS) is 14.7. The summed E-state index contributed by atoms with van der Waals surface area (Å²) < 4.78 is 6.96. The number of carbonyl (C=O) groups is 1. The standard InChI is InChI=1S/C16H20ClN5O2.ClH/c1-10-15(20-21-22(10)12-5-7-18-8-6-12)16(23)19-11-3-4-14(24-2)13(17)9-11;/h3-4,9,12,18H,5-8H2,1-2H3,(H,19,23);1H. The number of methoxy groups -OCH3 is 1. The molecule has 1 amide bonds. The van der Waals surface area contributed by atoms with E-state index in [9.17, 15) is 4.79 Å². The van der Waals surface area contributed by atoms with E-state index in [-0.39, 0.29) is 24.4 Å². The molecule has 9 heteroatoms. The second-order valence-electron chi connectivity index (χ2n) is 5.75. The molecule has 0 radical (unpaired) electrons. The minimum atomic E-state index is -0.297. The number of piperidine rings is 1. The van der Waals surface area contributed by atoms with Gasteiger partial charge < -0.3 is 15.4 Å². The molecule has 1 aliphatic heterocycles. The number of anilines is 1. The molecular formula is C16H21Cl2N5O2. The fraction of sp³-hybridized carbons (Fsp3) is 0.438. The molecule has 2 heterocycles. The van der Waals surface area contributed by atoms with Crippen LogP contribution < -0.4 is 15.4 Å². The lowest BCUT2D eigenvalue weighted by molar-refractivity contribution is 0.102. The summed E-state index contributed by atoms with van der Waals surface area (Å²) in [6, 6.07) is 5.37. The van der Waals surface area contributed by atoms with Gasteiger partial charge in [0.2, 0.25) is 0 Å². The van der Waals surface area contributed by atoms with Crippen LogP contribution in [0.2, 0.25) is 5.02 Å². The van der Waals surface area contributed by atoms with Crippen LogP contribution in [0.4, 0.5) is 5.69 Å². The molecule has 136 valence electrons. The van der Waals surface area contributed by atoms with Crippen molar-refractivity contribution in [3.8, 4) is 5.75 Å². The van der Waals surface area contributed by atoms with Gasteiger partial charge in [-0.2, -0.15) is 0 Å². The molecule has 1 aliphatic rings. The highest BCUT2D eigenvalue weighted by Crippen LogP contribution is 2.27. The molecule has 1 aromatic carbocycles. The molecule has 2 N–H and O–H groups in total. The Hall–Kier alpha value is -1.83. The maximum atomic E-state index is 12.5. The van der Waals surface area contributed by atoms with Crippen molar-refractivity contribution < 1.29 is 9.53 Å². The third-order valence-corrected chi connectivity index (χ3v) is 4.50. The quantitative estimate of drug-likeness (QED) is 0.845. The number of hydrogen-bond acceptors (Lipinski definition) is 5. The molecule has 1 fully saturated rings. The Morgan fingerprint density at radius 2 is 2.12 bits per heavy atom. The summed E-state index contributed by atoms with van der Waals surface area (Å²) in [7, 11) is 1.54. The topological polar surface area (TPSA) is 81.1 Å². The molecule has 0 spiro atoms. The molecule has 0 atom stereocenters. The van der Waals surface area contributed by atoms with E-state index in [1.54, 1.807) is 25.3 Å². The van der Waals surface area contributed by atoms with Gasteiger partial charge in [0.1, 0.15) is 5.75 Å². The van der Waals surface area contributed by atoms with Gasteiger partial charge in [0.25, 0.3) is 5.91 Å². The summed E-state index contributed by atoms with van der Waals surface area (Å²) in [4.78, 5) is 12.5. The molecule has 1 saturated heterocycles. The third-order valence-electron chi connectivity index (χ3n) is 4.21. The first kappa shape index (κ1) is 19.5. The van der Waals surface area contributed by atoms with Crippen LogP contribution in [0.5, 0.6) is 5.75 Å². The highest BCUT2D eigenvalue weighted by molar-refractivity contribution is 6.32. The number of nitrogens with zero attached hydrogens (tertiary/aromatic N) is 3. The van der Waals surface area contributed by atoms with Crippen molar-refractivity contribution in [2.24, 2.45) is 0 Å². The summed E-state index contributed by atoms with van der Waals surface area (Å²) in [5.41, 5.74) is 1.70. The van der Waals surface area contributed by atoms with Crippen molar-refractivity contribution in [1.82, 2.24) is 20.3 Å². The maximum Gasteiger partial charge on any atom is 0.278 e. The first-order valence-electron chi connectivity index (χ1n) is 7.87. The highest BCUT2D eigenvalue weighted by Gasteiger charge is 2.23. The van der Waals surface area contributed by atoms with Crippen LogP contribution >= 0.6 is 24.0 Å². The van der Waals surface area contributed by atoms with Gasteiger partial charge >= 0.3 is 0 Å². The van der Waals surface area contributed by atoms with Crippen molar-refractivity contribution in [2.75, 3.05) is 25.5 Å². The fourth-order valence-electron chi connectivity index (χ4n) is 2.88. The monoisotopic (exact) mass is 385 g/mol. The number of ether oxygens (including phenoxy) is 1. The molecule has 7 nitrogen and oxygen atoms in total. The van der Waals surface area contributed by atoms with Crippen molar-refractivity contribution in [2.45, 2.75) is 25.8 Å². The minimum absolute atomic E-state index is 0. The number of hydrogen-bond donors (Lipinski definition) is 2. The molecule has 25 heavy (non-hydrogen) atoms. The van der Waals surface area contributed by atoms with Crippen molar-refractivity contribution in [1.29, 1.82) is 0 Å². The average molecular weight is 386 g/mol. The van der Waals surface area contributed by atoms with Crippen LogP contribution in [0, 0.1) is 6.92 Å². The predicted molar refractivity (Wildman–Crippen MR) is 99.1 cm³/mol. The molecule has 0 saturated carbocycles. The van der Waals surface area contributed by atoms with Crippen LogP contribution in [0.3, 0.4) is 0 Å². The summed E-state index contributed by atoms with van der Waals surface area (Å²) in [6.45, 7) is 3.78. The van der Waals surface area contributed by atoms with Gasteiger partial charge in [-0.3, -0.25) is 4.79 Å². The summed E-state index contributed by atoms with van der Waals surface area (Å²) in [5, 5.41) is 14.8. The molecule has 2 aromatic rings. The zero-order chi connectivity index (χ0) is 17.1. The fourth-order valence-corrected chi connectivity index (χ4v) is 3.14. The molecular weight excluding hydrogens is 365 g/mol. The second kappa shape index (κ2) is 8.51. The largest absolute Gasteiger partial charge is 0.495 e. The number of carbonyl (C=O) groups excluding carboxylic acids is 1. The number of aromatic nitrogens is 3. The molecule has 0 bridgehead atoms. The Kier molecular flexibility index (Phi) is 6.64. The van der Waals surface area contributed by atoms with Gasteiger partial charge in [0.15, 0.2) is 5.69 Å². The SMILES string of the molecule is COc1ccc(NC(=O)c2nnn(C3CCNCC3)c2C)cc1Cl.Cl. The second-order valence-corrected chi connectivity index (χ2v) is 6.16. The number of rotatable bonds is 4. The molecule has 1 aromatic heterocycles. The lowest BCUT2D eigenvalue weighted by Gasteiger charge is -2.23. The summed E-state index contributed by atoms with van der Waals surface area (Å²) in [5.74, 6) is 0.261. The lowest BCUT2D eigenvalue weighted by atomic mass is 10.1. The van der Waals surface area contributed by atoms with E-state index < -0.39 is 0 Å². The van der Waals surface area contributed by atoms with Gasteiger partial charge in [0, 0.05) is 5.69 Å². The van der Waals surface area contributed by atoms with E-state index in [2.05, 4.69) is 20.9 Å². The highest BCUT2D eigenvalue weighted by atomic mass is 35.5. The van der Waals surface area contributed by atoms with Gasteiger partial charge in [0.05, 0.1) is 23.9 Å². The van der Waals surface area contributed by atoms with E-state index in [0.29, 0.717) is 22.2 Å². The molecule has 3 rings (SSSR count). The Labute approximate surface area is 157 Å². The first-order chi connectivity index (χ1) is 11.6. The number of benzene rings is 1. The number of amides is 1. The van der Waals surface area contributed by atoms with Crippen molar-refractivity contribution >= 4 is 35.6 Å². The van der Waals surface area contributed by atoms with Crippen LogP contribution in [-0.4, -0.2) is 41.1 Å². The van der Waals surface area contributed by atoms with Gasteiger partial charge in [-0.25, -0.2) is 4.68 Å². The van der Waals surface area contributed by atoms with Crippen LogP contribution in [0.1, 0.15) is 35.1 Å². The number of nitrogens with one attached hydrogen (secondary N) is 2. The van der Waals surface area contributed by atoms with E-state index >= 15 is 0 Å². The predicted octanol–water partition coefficient (Wildman–Crippen LogP) is 2.85. The summed E-state index contributed by atoms with van der Waals surface area (Å²) in [6.07, 6.45) is 1.97. The summed E-state index contributed by atoms with van der Waals surface area (Å²) >= 11 is 6.08. The van der Waals surface area contributed by atoms with Gasteiger partial charge in [-0.15, -0.1) is 17.5 Å². The zero-order valence-corrected chi connectivity index (χ0v) is 15.7. The smallest absolute Gasteiger partial charge is 0.278 e. The Morgan fingerprint density at radius 3 is 2.76 bits per heavy atom. The Balaban J connectivity index is 0.00000225. The maximum absolute atomic E-state index is 12.5. The Bertz CT molecular complexity index is 744. The van der Waals surface area contributed by atoms with E-state index in [0.717, 1.165) is 31.6 Å². The lowest BCUT2D eigenvalue weighted by Crippen LogP contribution is -2.30. The third kappa shape index (κ3) is 4.23. The van der Waals surface area contributed by atoms with Crippen molar-refractivity contribution in [3.63, 3.8) is 0 Å². The number of halogens is 2. The van der Waals surface area contributed by atoms with E-state index in [1.807, 2.05) is 11.6 Å². The average Bonchev–Trinajstić information content (AvgIpc) is 2.97. The molecule has 0 aliphatic carbocycles. The van der Waals surface area contributed by atoms with E-state index in [4.69, 9.17) is 16.3 Å². The van der Waals surface area contributed by atoms with Crippen molar-refractivity contribution in [3.05, 3.63) is 34.6 Å². The molecule has 0 unspecified atom stereocenters. The van der Waals surface area contributed by atoms with Gasteiger partial charge in [-0.1, -0.05) is 16.8 Å². The van der Waals surface area contributed by atoms with E-state index in [1.165, 1.54) is 0 Å². The van der Waals surface area contributed by atoms with Gasteiger partial charge in [-0.05, 0) is 51.1 Å². The van der Waals surface area contributed by atoms with Crippen LogP contribution in [-0.2, 0) is 0 Å². The first-order valence-corrected chi connectivity index (χ1v) is 8.25.